The van der Waals surface area contributed by atoms with Crippen molar-refractivity contribution in [3.8, 4) is 5.75 Å². The molecule has 24 heavy (non-hydrogen) atoms. The number of carbonyl (C=O) groups is 1. The van der Waals surface area contributed by atoms with Crippen LogP contribution in [-0.4, -0.2) is 44.1 Å². The van der Waals surface area contributed by atoms with E-state index in [0.717, 1.165) is 35.7 Å². The summed E-state index contributed by atoms with van der Waals surface area (Å²) in [6.07, 6.45) is 0. The average molecular weight is 325 g/mol. The molecule has 1 aliphatic rings. The number of methoxy groups -OCH3 is 1. The molecule has 0 atom stereocenters. The quantitative estimate of drug-likeness (QED) is 0.935. The molecule has 126 valence electrons. The Morgan fingerprint density at radius 2 is 1.79 bits per heavy atom. The van der Waals surface area contributed by atoms with Gasteiger partial charge >= 0.3 is 0 Å². The fraction of sp³-hybridized carbons (Fsp3) is 0.316. The second-order valence-corrected chi connectivity index (χ2v) is 5.88. The van der Waals surface area contributed by atoms with Crippen molar-refractivity contribution in [1.29, 1.82) is 0 Å². The van der Waals surface area contributed by atoms with Crippen LogP contribution in [0.4, 0.5) is 5.69 Å². The molecule has 3 rings (SSSR count). The lowest BCUT2D eigenvalue weighted by Gasteiger charge is -2.36. The monoisotopic (exact) mass is 325 g/mol. The van der Waals surface area contributed by atoms with E-state index in [9.17, 15) is 4.79 Å². The van der Waals surface area contributed by atoms with E-state index in [4.69, 9.17) is 10.5 Å². The van der Waals surface area contributed by atoms with Gasteiger partial charge in [-0.3, -0.25) is 4.79 Å². The second kappa shape index (κ2) is 7.36. The Bertz CT molecular complexity index is 692. The maximum atomic E-state index is 12.6. The molecule has 0 unspecified atom stereocenters. The van der Waals surface area contributed by atoms with Crippen molar-refractivity contribution in [2.75, 3.05) is 38.2 Å². The number of hydrogen-bond acceptors (Lipinski definition) is 4. The second-order valence-electron chi connectivity index (χ2n) is 5.88. The number of piperazine rings is 1. The molecule has 5 heteroatoms. The first-order valence-electron chi connectivity index (χ1n) is 8.18. The van der Waals surface area contributed by atoms with Crippen molar-refractivity contribution in [1.82, 2.24) is 4.90 Å². The van der Waals surface area contributed by atoms with Gasteiger partial charge in [0.05, 0.1) is 7.11 Å². The highest BCUT2D eigenvalue weighted by Gasteiger charge is 2.22. The van der Waals surface area contributed by atoms with Gasteiger partial charge < -0.3 is 20.3 Å². The van der Waals surface area contributed by atoms with Gasteiger partial charge in [-0.05, 0) is 29.8 Å². The molecule has 2 aromatic carbocycles. The Kier molecular flexibility index (Phi) is 5.01. The summed E-state index contributed by atoms with van der Waals surface area (Å²) in [5.41, 5.74) is 8.49. The number of rotatable bonds is 4. The van der Waals surface area contributed by atoms with Crippen molar-refractivity contribution in [2.24, 2.45) is 5.73 Å². The average Bonchev–Trinajstić information content (AvgIpc) is 2.67. The van der Waals surface area contributed by atoms with E-state index in [1.807, 2.05) is 47.4 Å². The molecule has 1 amide bonds. The van der Waals surface area contributed by atoms with Gasteiger partial charge in [-0.1, -0.05) is 18.2 Å². The molecule has 2 N–H and O–H groups in total. The van der Waals surface area contributed by atoms with Crippen LogP contribution >= 0.6 is 0 Å². The predicted molar refractivity (Wildman–Crippen MR) is 95.4 cm³/mol. The molecule has 1 heterocycles. The Labute approximate surface area is 142 Å². The molecular formula is C19H23N3O2. The summed E-state index contributed by atoms with van der Waals surface area (Å²) in [6.45, 7) is 3.57. The number of amides is 1. The smallest absolute Gasteiger partial charge is 0.253 e. The van der Waals surface area contributed by atoms with Gasteiger partial charge in [0, 0.05) is 50.0 Å². The summed E-state index contributed by atoms with van der Waals surface area (Å²) in [5.74, 6) is 0.940. The van der Waals surface area contributed by atoms with Crippen LogP contribution in [0.3, 0.4) is 0 Å². The zero-order chi connectivity index (χ0) is 16.9. The summed E-state index contributed by atoms with van der Waals surface area (Å²) < 4.78 is 5.28. The Morgan fingerprint density at radius 1 is 1.08 bits per heavy atom. The van der Waals surface area contributed by atoms with Crippen LogP contribution in [-0.2, 0) is 6.54 Å². The number of hydrogen-bond donors (Lipinski definition) is 1. The third kappa shape index (κ3) is 3.51. The largest absolute Gasteiger partial charge is 0.497 e. The van der Waals surface area contributed by atoms with Gasteiger partial charge in [-0.25, -0.2) is 0 Å². The summed E-state index contributed by atoms with van der Waals surface area (Å²) >= 11 is 0. The lowest BCUT2D eigenvalue weighted by molar-refractivity contribution is 0.0747. The minimum atomic E-state index is 0.0869. The molecule has 0 radical (unpaired) electrons. The Hall–Kier alpha value is -2.53. The highest BCUT2D eigenvalue weighted by molar-refractivity contribution is 5.94. The first-order chi connectivity index (χ1) is 11.7. The van der Waals surface area contributed by atoms with Crippen LogP contribution in [0, 0.1) is 0 Å². The minimum absolute atomic E-state index is 0.0869. The summed E-state index contributed by atoms with van der Waals surface area (Å²) in [6, 6.07) is 15.6. The van der Waals surface area contributed by atoms with Crippen LogP contribution in [0.2, 0.25) is 0 Å². The zero-order valence-corrected chi connectivity index (χ0v) is 13.9. The van der Waals surface area contributed by atoms with Crippen molar-refractivity contribution < 1.29 is 9.53 Å². The first kappa shape index (κ1) is 16.3. The molecule has 1 aliphatic heterocycles. The molecule has 5 nitrogen and oxygen atoms in total. The SMILES string of the molecule is COc1cccc(N2CCN(C(=O)c3ccc(CN)cc3)CC2)c1. The molecule has 1 saturated heterocycles. The van der Waals surface area contributed by atoms with Gasteiger partial charge in [-0.15, -0.1) is 0 Å². The van der Waals surface area contributed by atoms with E-state index in [1.165, 1.54) is 0 Å². The molecule has 2 aromatic rings. The molecule has 0 saturated carbocycles. The Morgan fingerprint density at radius 3 is 2.42 bits per heavy atom. The standard InChI is InChI=1S/C19H23N3O2/c1-24-18-4-2-3-17(13-18)21-9-11-22(12-10-21)19(23)16-7-5-15(14-20)6-8-16/h2-8,13H,9-12,14,20H2,1H3. The van der Waals surface area contributed by atoms with Crippen LogP contribution in [0.25, 0.3) is 0 Å². The summed E-state index contributed by atoms with van der Waals surface area (Å²) in [7, 11) is 1.67. The van der Waals surface area contributed by atoms with Gasteiger partial charge in [-0.2, -0.15) is 0 Å². The minimum Gasteiger partial charge on any atom is -0.497 e. The molecule has 0 bridgehead atoms. The fourth-order valence-corrected chi connectivity index (χ4v) is 2.94. The molecular weight excluding hydrogens is 302 g/mol. The highest BCUT2D eigenvalue weighted by atomic mass is 16.5. The number of nitrogens with zero attached hydrogens (tertiary/aromatic N) is 2. The number of nitrogens with two attached hydrogens (primary N) is 1. The summed E-state index contributed by atoms with van der Waals surface area (Å²) in [5, 5.41) is 0. The molecule has 1 fully saturated rings. The van der Waals surface area contributed by atoms with Crippen molar-refractivity contribution in [2.45, 2.75) is 6.54 Å². The van der Waals surface area contributed by atoms with Crippen LogP contribution < -0.4 is 15.4 Å². The normalized spacial score (nSPS) is 14.6. The maximum absolute atomic E-state index is 12.6. The zero-order valence-electron chi connectivity index (χ0n) is 13.9. The van der Waals surface area contributed by atoms with Crippen LogP contribution in [0.15, 0.2) is 48.5 Å². The molecule has 0 aliphatic carbocycles. The van der Waals surface area contributed by atoms with Crippen molar-refractivity contribution in [3.05, 3.63) is 59.7 Å². The molecule has 0 spiro atoms. The fourth-order valence-electron chi connectivity index (χ4n) is 2.94. The van der Waals surface area contributed by atoms with Crippen LogP contribution in [0.5, 0.6) is 5.75 Å². The lowest BCUT2D eigenvalue weighted by Crippen LogP contribution is -2.48. The van der Waals surface area contributed by atoms with Crippen molar-refractivity contribution >= 4 is 11.6 Å². The van der Waals surface area contributed by atoms with Gasteiger partial charge in [0.25, 0.3) is 5.91 Å². The third-order valence-corrected chi connectivity index (χ3v) is 4.42. The third-order valence-electron chi connectivity index (χ3n) is 4.42. The number of carbonyl (C=O) groups excluding carboxylic acids is 1. The number of benzene rings is 2. The number of ether oxygens (including phenoxy) is 1. The topological polar surface area (TPSA) is 58.8 Å². The van der Waals surface area contributed by atoms with Gasteiger partial charge in [0.2, 0.25) is 0 Å². The summed E-state index contributed by atoms with van der Waals surface area (Å²) in [4.78, 5) is 16.8. The van der Waals surface area contributed by atoms with E-state index in [0.29, 0.717) is 19.6 Å². The van der Waals surface area contributed by atoms with Crippen LogP contribution in [0.1, 0.15) is 15.9 Å². The van der Waals surface area contributed by atoms with E-state index >= 15 is 0 Å². The van der Waals surface area contributed by atoms with Crippen molar-refractivity contribution in [3.63, 3.8) is 0 Å². The predicted octanol–water partition coefficient (Wildman–Crippen LogP) is 2.12. The van der Waals surface area contributed by atoms with E-state index in [1.54, 1.807) is 7.11 Å². The van der Waals surface area contributed by atoms with E-state index < -0.39 is 0 Å². The number of anilines is 1. The first-order valence-corrected chi connectivity index (χ1v) is 8.18. The van der Waals surface area contributed by atoms with E-state index in [2.05, 4.69) is 11.0 Å². The van der Waals surface area contributed by atoms with E-state index in [-0.39, 0.29) is 5.91 Å². The van der Waals surface area contributed by atoms with Gasteiger partial charge in [0.15, 0.2) is 0 Å². The van der Waals surface area contributed by atoms with Gasteiger partial charge in [0.1, 0.15) is 5.75 Å². The lowest BCUT2D eigenvalue weighted by atomic mass is 10.1. The highest BCUT2D eigenvalue weighted by Crippen LogP contribution is 2.22. The molecule has 0 aromatic heterocycles. The maximum Gasteiger partial charge on any atom is 0.253 e. The Balaban J connectivity index is 1.62.